The van der Waals surface area contributed by atoms with Gasteiger partial charge in [-0.05, 0) is 48.5 Å². The Morgan fingerprint density at radius 3 is 2.57 bits per heavy atom. The summed E-state index contributed by atoms with van der Waals surface area (Å²) in [6, 6.07) is 8.41. The first-order valence-electron chi connectivity index (χ1n) is 8.52. The van der Waals surface area contributed by atoms with Crippen LogP contribution in [-0.4, -0.2) is 39.5 Å². The van der Waals surface area contributed by atoms with Crippen molar-refractivity contribution >= 4 is 52.5 Å². The number of amides is 1. The number of aromatic nitrogens is 1. The van der Waals surface area contributed by atoms with Crippen LogP contribution in [0.2, 0.25) is 0 Å². The van der Waals surface area contributed by atoms with Gasteiger partial charge in [-0.2, -0.15) is 0 Å². The molecule has 0 aliphatic carbocycles. The maximum atomic E-state index is 13.0. The van der Waals surface area contributed by atoms with Crippen molar-refractivity contribution in [3.05, 3.63) is 65.3 Å². The number of sulfonamides is 1. The minimum atomic E-state index is -3.94. The molecule has 1 aliphatic heterocycles. The molecular formula is C18H14FN3O5S3. The molecule has 0 bridgehead atoms. The number of nitrogens with one attached hydrogen (secondary N) is 2. The molecule has 0 saturated heterocycles. The van der Waals surface area contributed by atoms with Gasteiger partial charge in [-0.1, -0.05) is 11.3 Å². The fourth-order valence-corrected chi connectivity index (χ4v) is 6.19. The zero-order valence-electron chi connectivity index (χ0n) is 15.1. The van der Waals surface area contributed by atoms with Crippen molar-refractivity contribution in [3.63, 3.8) is 0 Å². The number of benzene rings is 2. The molecular weight excluding hydrogens is 453 g/mol. The third kappa shape index (κ3) is 4.35. The Morgan fingerprint density at radius 1 is 1.17 bits per heavy atom. The lowest BCUT2D eigenvalue weighted by molar-refractivity contribution is 0.0948. The number of rotatable bonds is 5. The molecule has 8 nitrogen and oxygen atoms in total. The van der Waals surface area contributed by atoms with Crippen LogP contribution in [0.25, 0.3) is 10.2 Å². The van der Waals surface area contributed by atoms with Crippen molar-refractivity contribution in [1.29, 1.82) is 0 Å². The van der Waals surface area contributed by atoms with E-state index in [1.807, 2.05) is 0 Å². The highest BCUT2D eigenvalue weighted by atomic mass is 32.2. The maximum Gasteiger partial charge on any atom is 0.263 e. The molecule has 1 aromatic heterocycles. The number of anilines is 1. The number of hydrogen-bond donors (Lipinski definition) is 2. The third-order valence-corrected chi connectivity index (χ3v) is 8.06. The maximum absolute atomic E-state index is 13.0. The Kier molecular flexibility index (Phi) is 5.08. The van der Waals surface area contributed by atoms with E-state index in [1.165, 1.54) is 12.1 Å². The highest BCUT2D eigenvalue weighted by molar-refractivity contribution is 7.94. The van der Waals surface area contributed by atoms with Crippen LogP contribution in [0.3, 0.4) is 0 Å². The van der Waals surface area contributed by atoms with Gasteiger partial charge in [0.25, 0.3) is 15.9 Å². The predicted octanol–water partition coefficient (Wildman–Crippen LogP) is 2.28. The molecule has 1 atom stereocenters. The Bertz CT molecular complexity index is 1380. The summed E-state index contributed by atoms with van der Waals surface area (Å²) in [5.74, 6) is -1.19. The summed E-state index contributed by atoms with van der Waals surface area (Å²) in [4.78, 5) is 16.5. The second-order valence-electron chi connectivity index (χ2n) is 6.50. The van der Waals surface area contributed by atoms with Gasteiger partial charge >= 0.3 is 0 Å². The predicted molar refractivity (Wildman–Crippen MR) is 111 cm³/mol. The summed E-state index contributed by atoms with van der Waals surface area (Å²) < 4.78 is 63.7. The lowest BCUT2D eigenvalue weighted by atomic mass is 10.2. The summed E-state index contributed by atoms with van der Waals surface area (Å²) in [6.45, 7) is 0. The highest BCUT2D eigenvalue weighted by Crippen LogP contribution is 2.28. The molecule has 2 N–H and O–H groups in total. The lowest BCUT2D eigenvalue weighted by Crippen LogP contribution is -2.35. The van der Waals surface area contributed by atoms with E-state index in [-0.39, 0.29) is 21.3 Å². The van der Waals surface area contributed by atoms with Gasteiger partial charge in [-0.3, -0.25) is 9.52 Å². The third-order valence-electron chi connectivity index (χ3n) is 4.24. The molecule has 156 valence electrons. The quantitative estimate of drug-likeness (QED) is 0.594. The molecule has 0 fully saturated rings. The van der Waals surface area contributed by atoms with Gasteiger partial charge in [0.1, 0.15) is 5.82 Å². The Hall–Kier alpha value is -2.83. The van der Waals surface area contributed by atoms with E-state index in [9.17, 15) is 26.0 Å². The van der Waals surface area contributed by atoms with Gasteiger partial charge < -0.3 is 5.32 Å². The fraction of sp³-hybridized carbons (Fsp3) is 0.111. The van der Waals surface area contributed by atoms with Crippen molar-refractivity contribution < 1.29 is 26.0 Å². The summed E-state index contributed by atoms with van der Waals surface area (Å²) in [7, 11) is -7.23. The van der Waals surface area contributed by atoms with Gasteiger partial charge in [0.2, 0.25) is 0 Å². The lowest BCUT2D eigenvalue weighted by Gasteiger charge is -2.09. The number of hydrogen-bond acceptors (Lipinski definition) is 7. The second kappa shape index (κ2) is 7.45. The molecule has 0 spiro atoms. The Balaban J connectivity index is 1.53. The van der Waals surface area contributed by atoms with Crippen LogP contribution in [-0.2, 0) is 19.9 Å². The molecule has 0 saturated carbocycles. The minimum Gasteiger partial charge on any atom is -0.345 e. The molecule has 4 rings (SSSR count). The average Bonchev–Trinajstić information content (AvgIpc) is 3.22. The fourth-order valence-electron chi connectivity index (χ4n) is 2.81. The number of carbonyl (C=O) groups excluding carboxylic acids is 1. The van der Waals surface area contributed by atoms with Gasteiger partial charge in [-0.15, -0.1) is 0 Å². The van der Waals surface area contributed by atoms with Crippen LogP contribution in [0, 0.1) is 5.82 Å². The SMILES string of the molecule is O=C(NC1C=CS(=O)(=O)C1)c1ccc2nc(NS(=O)(=O)c3ccc(F)cc3)sc2c1. The molecule has 3 aromatic rings. The van der Waals surface area contributed by atoms with Crippen molar-refractivity contribution in [1.82, 2.24) is 10.3 Å². The number of thiazole rings is 1. The second-order valence-corrected chi connectivity index (χ2v) is 11.1. The van der Waals surface area contributed by atoms with Crippen LogP contribution < -0.4 is 10.0 Å². The molecule has 0 radical (unpaired) electrons. The number of sulfone groups is 1. The van der Waals surface area contributed by atoms with Crippen molar-refractivity contribution in [2.24, 2.45) is 0 Å². The zero-order valence-corrected chi connectivity index (χ0v) is 17.5. The summed E-state index contributed by atoms with van der Waals surface area (Å²) in [5.41, 5.74) is 0.772. The van der Waals surface area contributed by atoms with Crippen LogP contribution in [0.15, 0.2) is 58.8 Å². The van der Waals surface area contributed by atoms with Gasteiger partial charge in [0, 0.05) is 11.0 Å². The topological polar surface area (TPSA) is 122 Å². The van der Waals surface area contributed by atoms with Crippen molar-refractivity contribution in [2.75, 3.05) is 10.5 Å². The molecule has 30 heavy (non-hydrogen) atoms. The molecule has 2 heterocycles. The van der Waals surface area contributed by atoms with E-state index in [2.05, 4.69) is 15.0 Å². The Morgan fingerprint density at radius 2 is 1.90 bits per heavy atom. The van der Waals surface area contributed by atoms with Crippen molar-refractivity contribution in [2.45, 2.75) is 10.9 Å². The van der Waals surface area contributed by atoms with Crippen LogP contribution in [0.1, 0.15) is 10.4 Å². The number of fused-ring (bicyclic) bond motifs is 1. The average molecular weight is 468 g/mol. The van der Waals surface area contributed by atoms with Gasteiger partial charge in [0.05, 0.1) is 26.9 Å². The first-order valence-corrected chi connectivity index (χ1v) is 12.5. The molecule has 1 unspecified atom stereocenters. The van der Waals surface area contributed by atoms with E-state index in [4.69, 9.17) is 0 Å². The molecule has 2 aromatic carbocycles. The van der Waals surface area contributed by atoms with E-state index < -0.39 is 37.6 Å². The van der Waals surface area contributed by atoms with Crippen LogP contribution in [0.5, 0.6) is 0 Å². The number of nitrogens with zero attached hydrogens (tertiary/aromatic N) is 1. The summed E-state index contributed by atoms with van der Waals surface area (Å²) in [6.07, 6.45) is 1.42. The van der Waals surface area contributed by atoms with E-state index in [0.717, 1.165) is 41.0 Å². The molecule has 1 amide bonds. The Labute approximate surface area is 175 Å². The van der Waals surface area contributed by atoms with Crippen LogP contribution in [0.4, 0.5) is 9.52 Å². The van der Waals surface area contributed by atoms with E-state index in [1.54, 1.807) is 12.1 Å². The summed E-state index contributed by atoms with van der Waals surface area (Å²) in [5, 5.41) is 3.79. The first-order chi connectivity index (χ1) is 14.1. The molecule has 1 aliphatic rings. The number of carbonyl (C=O) groups is 1. The molecule has 12 heteroatoms. The van der Waals surface area contributed by atoms with E-state index >= 15 is 0 Å². The van der Waals surface area contributed by atoms with Gasteiger partial charge in [-0.25, -0.2) is 26.2 Å². The zero-order chi connectivity index (χ0) is 21.5. The largest absolute Gasteiger partial charge is 0.345 e. The van der Waals surface area contributed by atoms with Gasteiger partial charge in [0.15, 0.2) is 15.0 Å². The normalized spacial score (nSPS) is 17.8. The van der Waals surface area contributed by atoms with E-state index in [0.29, 0.717) is 10.2 Å². The standard InChI is InChI=1S/C18H14FN3O5S3/c19-12-2-4-14(5-3-12)30(26,27)22-18-21-15-6-1-11(9-16(15)28-18)17(23)20-13-7-8-29(24,25)10-13/h1-9,13H,10H2,(H,20,23)(H,21,22). The smallest absolute Gasteiger partial charge is 0.263 e. The summed E-state index contributed by atoms with van der Waals surface area (Å²) >= 11 is 1.03. The van der Waals surface area contributed by atoms with Crippen LogP contribution >= 0.6 is 11.3 Å². The highest BCUT2D eigenvalue weighted by Gasteiger charge is 2.24. The number of halogens is 1. The monoisotopic (exact) mass is 467 g/mol. The first kappa shape index (κ1) is 20.4. The minimum absolute atomic E-state index is 0.0942. The van der Waals surface area contributed by atoms with Crippen molar-refractivity contribution in [3.8, 4) is 0 Å².